The summed E-state index contributed by atoms with van der Waals surface area (Å²) < 4.78 is 0.674. The van der Waals surface area contributed by atoms with E-state index < -0.39 is 6.23 Å². The zero-order chi connectivity index (χ0) is 24.8. The number of benzene rings is 3. The molecule has 0 bridgehead atoms. The molecule has 0 spiro atoms. The van der Waals surface area contributed by atoms with E-state index >= 15 is 0 Å². The molecule has 4 rings (SSSR count). The minimum Gasteiger partial charge on any atom is -0.506 e. The van der Waals surface area contributed by atoms with Crippen LogP contribution in [0.3, 0.4) is 0 Å². The number of nitrogens with one attached hydrogen (secondary N) is 3. The number of phenolic OH excluding ortho intramolecular Hbond substituents is 1. The van der Waals surface area contributed by atoms with Crippen LogP contribution in [-0.4, -0.2) is 34.5 Å². The lowest BCUT2D eigenvalue weighted by Gasteiger charge is -2.14. The number of phenols is 1. The van der Waals surface area contributed by atoms with Gasteiger partial charge in [-0.15, -0.1) is 0 Å². The van der Waals surface area contributed by atoms with E-state index in [1.54, 1.807) is 6.07 Å². The van der Waals surface area contributed by atoms with Crippen molar-refractivity contribution < 1.29 is 10.2 Å². The highest BCUT2D eigenvalue weighted by Crippen LogP contribution is 2.28. The summed E-state index contributed by atoms with van der Waals surface area (Å²) in [7, 11) is 0. The SMILES string of the molecule is O=c1[nH]c2c(O)ccc(CC(O)NCCc3cccc(CNCCc4c(Cl)cccc4Cl)c3)c2s1. The molecule has 1 unspecified atom stereocenters. The fourth-order valence-electron chi connectivity index (χ4n) is 4.01. The lowest BCUT2D eigenvalue weighted by Crippen LogP contribution is -2.32. The number of aliphatic hydroxyl groups excluding tert-OH is 1. The first-order chi connectivity index (χ1) is 16.9. The summed E-state index contributed by atoms with van der Waals surface area (Å²) in [5.74, 6) is 0.0339. The Morgan fingerprint density at radius 1 is 0.971 bits per heavy atom. The van der Waals surface area contributed by atoms with Crippen molar-refractivity contribution in [2.75, 3.05) is 13.1 Å². The van der Waals surface area contributed by atoms with Crippen LogP contribution in [0.2, 0.25) is 10.0 Å². The summed E-state index contributed by atoms with van der Waals surface area (Å²) in [5.41, 5.74) is 4.55. The highest BCUT2D eigenvalue weighted by atomic mass is 35.5. The highest BCUT2D eigenvalue weighted by molar-refractivity contribution is 7.16. The van der Waals surface area contributed by atoms with Gasteiger partial charge in [-0.2, -0.15) is 0 Å². The smallest absolute Gasteiger partial charge is 0.305 e. The van der Waals surface area contributed by atoms with Crippen molar-refractivity contribution in [3.05, 3.63) is 96.6 Å². The van der Waals surface area contributed by atoms with Gasteiger partial charge in [0.15, 0.2) is 0 Å². The molecule has 6 nitrogen and oxygen atoms in total. The molecule has 0 aliphatic heterocycles. The minimum atomic E-state index is -0.763. The fourth-order valence-corrected chi connectivity index (χ4v) is 5.47. The van der Waals surface area contributed by atoms with Gasteiger partial charge in [0.25, 0.3) is 0 Å². The number of aromatic hydroxyl groups is 1. The van der Waals surface area contributed by atoms with E-state index in [1.165, 1.54) is 17.2 Å². The lowest BCUT2D eigenvalue weighted by atomic mass is 10.1. The molecule has 0 amide bonds. The van der Waals surface area contributed by atoms with E-state index in [9.17, 15) is 15.0 Å². The van der Waals surface area contributed by atoms with Crippen LogP contribution in [0.15, 0.2) is 59.4 Å². The van der Waals surface area contributed by atoms with Gasteiger partial charge >= 0.3 is 4.87 Å². The van der Waals surface area contributed by atoms with Crippen molar-refractivity contribution >= 4 is 44.8 Å². The Morgan fingerprint density at radius 2 is 1.71 bits per heavy atom. The maximum absolute atomic E-state index is 11.7. The number of fused-ring (bicyclic) bond motifs is 1. The lowest BCUT2D eigenvalue weighted by molar-refractivity contribution is 0.138. The Kier molecular flexibility index (Phi) is 8.83. The molecule has 0 aliphatic carbocycles. The van der Waals surface area contributed by atoms with Crippen molar-refractivity contribution in [1.29, 1.82) is 0 Å². The van der Waals surface area contributed by atoms with Crippen molar-refractivity contribution in [3.8, 4) is 5.75 Å². The van der Waals surface area contributed by atoms with Crippen molar-refractivity contribution in [2.45, 2.75) is 32.0 Å². The number of rotatable bonds is 11. The quantitative estimate of drug-likeness (QED) is 0.143. The van der Waals surface area contributed by atoms with Gasteiger partial charge < -0.3 is 20.5 Å². The Morgan fingerprint density at radius 3 is 2.51 bits per heavy atom. The number of aromatic nitrogens is 1. The molecular weight excluding hydrogens is 505 g/mol. The van der Waals surface area contributed by atoms with Crippen LogP contribution in [0.4, 0.5) is 0 Å². The molecule has 0 aliphatic rings. The highest BCUT2D eigenvalue weighted by Gasteiger charge is 2.13. The maximum Gasteiger partial charge on any atom is 0.305 e. The fraction of sp³-hybridized carbons (Fsp3) is 0.269. The average Bonchev–Trinajstić information content (AvgIpc) is 3.23. The van der Waals surface area contributed by atoms with Crippen LogP contribution in [0.5, 0.6) is 5.75 Å². The standard InChI is InChI=1S/C26H27Cl2N3O3S/c27-20-5-2-6-21(28)19(20)10-11-29-15-17-4-1-3-16(13-17)9-12-30-23(33)14-18-7-8-22(32)24-25(18)35-26(34)31-24/h1-8,13,23,29-30,32-33H,9-12,14-15H2,(H,31,34). The Labute approximate surface area is 217 Å². The van der Waals surface area contributed by atoms with Crippen LogP contribution in [-0.2, 0) is 25.8 Å². The Hall–Kier alpha value is -2.39. The molecule has 9 heteroatoms. The maximum atomic E-state index is 11.7. The molecule has 3 aromatic carbocycles. The molecule has 0 saturated heterocycles. The van der Waals surface area contributed by atoms with E-state index in [0.29, 0.717) is 33.2 Å². The summed E-state index contributed by atoms with van der Waals surface area (Å²) in [6.07, 6.45) is 1.10. The molecule has 4 aromatic rings. The zero-order valence-corrected chi connectivity index (χ0v) is 21.3. The predicted octanol–water partition coefficient (Wildman–Crippen LogP) is 4.63. The molecule has 1 heterocycles. The average molecular weight is 532 g/mol. The molecule has 35 heavy (non-hydrogen) atoms. The first kappa shape index (κ1) is 25.7. The van der Waals surface area contributed by atoms with Crippen LogP contribution < -0.4 is 15.5 Å². The van der Waals surface area contributed by atoms with E-state index in [4.69, 9.17) is 23.2 Å². The first-order valence-corrected chi connectivity index (χ1v) is 12.9. The third-order valence-electron chi connectivity index (χ3n) is 5.78. The second-order valence-corrected chi connectivity index (χ2v) is 10.1. The van der Waals surface area contributed by atoms with Gasteiger partial charge in [0.05, 0.1) is 4.70 Å². The molecule has 1 atom stereocenters. The molecular formula is C26H27Cl2N3O3S. The molecule has 0 saturated carbocycles. The van der Waals surface area contributed by atoms with E-state index in [2.05, 4.69) is 33.8 Å². The minimum absolute atomic E-state index is 0.0339. The largest absolute Gasteiger partial charge is 0.506 e. The van der Waals surface area contributed by atoms with Crippen LogP contribution >= 0.6 is 34.5 Å². The zero-order valence-electron chi connectivity index (χ0n) is 19.0. The molecule has 1 aromatic heterocycles. The second-order valence-electron chi connectivity index (χ2n) is 8.33. The summed E-state index contributed by atoms with van der Waals surface area (Å²) in [4.78, 5) is 14.1. The van der Waals surface area contributed by atoms with E-state index in [-0.39, 0.29) is 10.6 Å². The summed E-state index contributed by atoms with van der Waals surface area (Å²) in [6.45, 7) is 2.11. The molecule has 0 fully saturated rings. The first-order valence-electron chi connectivity index (χ1n) is 11.4. The van der Waals surface area contributed by atoms with E-state index in [0.717, 1.165) is 48.4 Å². The van der Waals surface area contributed by atoms with Crippen LogP contribution in [0, 0.1) is 0 Å². The van der Waals surface area contributed by atoms with Gasteiger partial charge in [-0.3, -0.25) is 10.1 Å². The van der Waals surface area contributed by atoms with Gasteiger partial charge in [0.2, 0.25) is 0 Å². The van der Waals surface area contributed by atoms with E-state index in [1.807, 2.05) is 24.3 Å². The summed E-state index contributed by atoms with van der Waals surface area (Å²) >= 11 is 13.5. The Bertz CT molecular complexity index is 1340. The number of hydrogen-bond donors (Lipinski definition) is 5. The Balaban J connectivity index is 1.23. The molecule has 184 valence electrons. The van der Waals surface area contributed by atoms with Gasteiger partial charge in [-0.25, -0.2) is 0 Å². The van der Waals surface area contributed by atoms with Gasteiger partial charge in [0.1, 0.15) is 17.5 Å². The van der Waals surface area contributed by atoms with Crippen LogP contribution in [0.25, 0.3) is 10.2 Å². The van der Waals surface area contributed by atoms with Crippen LogP contribution in [0.1, 0.15) is 22.3 Å². The predicted molar refractivity (Wildman–Crippen MR) is 144 cm³/mol. The number of thiazole rings is 1. The summed E-state index contributed by atoms with van der Waals surface area (Å²) in [6, 6.07) is 17.2. The molecule has 5 N–H and O–H groups in total. The topological polar surface area (TPSA) is 97.4 Å². The van der Waals surface area contributed by atoms with Crippen molar-refractivity contribution in [3.63, 3.8) is 0 Å². The molecule has 0 radical (unpaired) electrons. The van der Waals surface area contributed by atoms with Gasteiger partial charge in [-0.05, 0) is 59.8 Å². The summed E-state index contributed by atoms with van der Waals surface area (Å²) in [5, 5.41) is 28.3. The number of aromatic amines is 1. The normalized spacial score (nSPS) is 12.3. The third-order valence-corrected chi connectivity index (χ3v) is 7.45. The number of hydrogen-bond acceptors (Lipinski definition) is 6. The third kappa shape index (κ3) is 6.85. The van der Waals surface area contributed by atoms with Gasteiger partial charge in [-0.1, -0.05) is 70.9 Å². The van der Waals surface area contributed by atoms with Gasteiger partial charge in [0, 0.05) is 29.6 Å². The van der Waals surface area contributed by atoms with Crippen molar-refractivity contribution in [2.24, 2.45) is 0 Å². The number of H-pyrrole nitrogens is 1. The number of halogens is 2. The monoisotopic (exact) mass is 531 g/mol. The number of aliphatic hydroxyl groups is 1. The second kappa shape index (κ2) is 12.0. The van der Waals surface area contributed by atoms with Crippen molar-refractivity contribution in [1.82, 2.24) is 15.6 Å².